The molecule has 0 radical (unpaired) electrons. The standard InChI is InChI=1S/C15H28N2O2/c1-11-9-17(10-12(2)19-11)15(18)7-6-13-4-3-5-14(16)8-13/h11-14H,3-10,16H2,1-2H3. The molecule has 0 aromatic carbocycles. The summed E-state index contributed by atoms with van der Waals surface area (Å²) < 4.78 is 5.66. The first-order valence-corrected chi connectivity index (χ1v) is 7.73. The highest BCUT2D eigenvalue weighted by Gasteiger charge is 2.26. The maximum Gasteiger partial charge on any atom is 0.222 e. The fourth-order valence-corrected chi connectivity index (χ4v) is 3.46. The van der Waals surface area contributed by atoms with Crippen LogP contribution in [0.25, 0.3) is 0 Å². The van der Waals surface area contributed by atoms with E-state index in [4.69, 9.17) is 10.5 Å². The Hall–Kier alpha value is -0.610. The van der Waals surface area contributed by atoms with Gasteiger partial charge in [0, 0.05) is 25.6 Å². The van der Waals surface area contributed by atoms with Gasteiger partial charge in [-0.25, -0.2) is 0 Å². The number of carbonyl (C=O) groups excluding carboxylic acids is 1. The van der Waals surface area contributed by atoms with Crippen LogP contribution < -0.4 is 5.73 Å². The molecular weight excluding hydrogens is 240 g/mol. The van der Waals surface area contributed by atoms with Crippen molar-refractivity contribution in [1.29, 1.82) is 0 Å². The third-order valence-electron chi connectivity index (χ3n) is 4.36. The minimum atomic E-state index is 0.163. The summed E-state index contributed by atoms with van der Waals surface area (Å²) in [6.45, 7) is 5.56. The second-order valence-corrected chi connectivity index (χ2v) is 6.39. The van der Waals surface area contributed by atoms with Crippen molar-refractivity contribution in [2.75, 3.05) is 13.1 Å². The number of nitrogens with zero attached hydrogens (tertiary/aromatic N) is 1. The van der Waals surface area contributed by atoms with Gasteiger partial charge < -0.3 is 15.4 Å². The molecule has 4 nitrogen and oxygen atoms in total. The van der Waals surface area contributed by atoms with Crippen molar-refractivity contribution in [2.24, 2.45) is 11.7 Å². The number of carbonyl (C=O) groups is 1. The van der Waals surface area contributed by atoms with Crippen LogP contribution in [0.15, 0.2) is 0 Å². The van der Waals surface area contributed by atoms with E-state index in [-0.39, 0.29) is 12.2 Å². The summed E-state index contributed by atoms with van der Waals surface area (Å²) in [5, 5.41) is 0. The molecular formula is C15H28N2O2. The highest BCUT2D eigenvalue weighted by Crippen LogP contribution is 2.27. The first kappa shape index (κ1) is 14.8. The van der Waals surface area contributed by atoms with Gasteiger partial charge in [0.1, 0.15) is 0 Å². The van der Waals surface area contributed by atoms with Crippen LogP contribution in [0.1, 0.15) is 52.4 Å². The molecule has 2 N–H and O–H groups in total. The average Bonchev–Trinajstić information content (AvgIpc) is 2.35. The van der Waals surface area contributed by atoms with Gasteiger partial charge in [-0.1, -0.05) is 12.8 Å². The average molecular weight is 268 g/mol. The van der Waals surface area contributed by atoms with Gasteiger partial charge in [0.2, 0.25) is 5.91 Å². The highest BCUT2D eigenvalue weighted by atomic mass is 16.5. The third-order valence-corrected chi connectivity index (χ3v) is 4.36. The molecule has 0 spiro atoms. The number of hydrogen-bond acceptors (Lipinski definition) is 3. The largest absolute Gasteiger partial charge is 0.372 e. The van der Waals surface area contributed by atoms with Crippen molar-refractivity contribution in [3.63, 3.8) is 0 Å². The lowest BCUT2D eigenvalue weighted by Crippen LogP contribution is -2.48. The van der Waals surface area contributed by atoms with Crippen LogP contribution in [0, 0.1) is 5.92 Å². The maximum atomic E-state index is 12.3. The van der Waals surface area contributed by atoms with Gasteiger partial charge >= 0.3 is 0 Å². The SMILES string of the molecule is CC1CN(C(=O)CCC2CCCC(N)C2)CC(C)O1. The summed E-state index contributed by atoms with van der Waals surface area (Å²) in [4.78, 5) is 14.2. The molecule has 1 aliphatic heterocycles. The first-order valence-electron chi connectivity index (χ1n) is 7.73. The van der Waals surface area contributed by atoms with Gasteiger partial charge in [-0.2, -0.15) is 0 Å². The lowest BCUT2D eigenvalue weighted by Gasteiger charge is -2.36. The minimum absolute atomic E-state index is 0.163. The molecule has 1 saturated heterocycles. The zero-order valence-corrected chi connectivity index (χ0v) is 12.3. The fourth-order valence-electron chi connectivity index (χ4n) is 3.46. The Bertz CT molecular complexity index is 299. The van der Waals surface area contributed by atoms with E-state index >= 15 is 0 Å². The molecule has 1 amide bonds. The Kier molecular flexibility index (Phi) is 5.22. The smallest absolute Gasteiger partial charge is 0.222 e. The monoisotopic (exact) mass is 268 g/mol. The molecule has 1 heterocycles. The molecule has 4 unspecified atom stereocenters. The number of nitrogens with two attached hydrogens (primary N) is 1. The van der Waals surface area contributed by atoms with Crippen LogP contribution in [0.2, 0.25) is 0 Å². The van der Waals surface area contributed by atoms with Gasteiger partial charge in [0.15, 0.2) is 0 Å². The van der Waals surface area contributed by atoms with E-state index in [2.05, 4.69) is 0 Å². The number of ether oxygens (including phenoxy) is 1. The maximum absolute atomic E-state index is 12.3. The minimum Gasteiger partial charge on any atom is -0.372 e. The normalized spacial score (nSPS) is 36.3. The summed E-state index contributed by atoms with van der Waals surface area (Å²) >= 11 is 0. The third kappa shape index (κ3) is 4.46. The molecule has 0 bridgehead atoms. The molecule has 1 saturated carbocycles. The Morgan fingerprint density at radius 1 is 1.26 bits per heavy atom. The number of rotatable bonds is 3. The first-order chi connectivity index (χ1) is 9.04. The van der Waals surface area contributed by atoms with Gasteiger partial charge in [-0.15, -0.1) is 0 Å². The van der Waals surface area contributed by atoms with Crippen molar-refractivity contribution >= 4 is 5.91 Å². The van der Waals surface area contributed by atoms with Crippen LogP contribution in [0.4, 0.5) is 0 Å². The van der Waals surface area contributed by atoms with E-state index < -0.39 is 0 Å². The summed E-state index contributed by atoms with van der Waals surface area (Å²) in [5.41, 5.74) is 6.00. The second-order valence-electron chi connectivity index (χ2n) is 6.39. The number of morpholine rings is 1. The molecule has 19 heavy (non-hydrogen) atoms. The Morgan fingerprint density at radius 2 is 1.95 bits per heavy atom. The fraction of sp³-hybridized carbons (Fsp3) is 0.933. The Labute approximate surface area is 116 Å². The van der Waals surface area contributed by atoms with Crippen molar-refractivity contribution < 1.29 is 9.53 Å². The van der Waals surface area contributed by atoms with Crippen molar-refractivity contribution in [1.82, 2.24) is 4.90 Å². The molecule has 2 aliphatic rings. The van der Waals surface area contributed by atoms with E-state index in [1.807, 2.05) is 18.7 Å². The summed E-state index contributed by atoms with van der Waals surface area (Å²) in [6.07, 6.45) is 6.74. The van der Waals surface area contributed by atoms with Crippen molar-refractivity contribution in [3.8, 4) is 0 Å². The number of amides is 1. The Morgan fingerprint density at radius 3 is 2.58 bits per heavy atom. The van der Waals surface area contributed by atoms with E-state index in [0.29, 0.717) is 24.3 Å². The summed E-state index contributed by atoms with van der Waals surface area (Å²) in [5.74, 6) is 0.949. The van der Waals surface area contributed by atoms with Gasteiger partial charge in [-0.3, -0.25) is 4.79 Å². The summed E-state index contributed by atoms with van der Waals surface area (Å²) in [6, 6.07) is 0.359. The van der Waals surface area contributed by atoms with E-state index in [1.165, 1.54) is 12.8 Å². The van der Waals surface area contributed by atoms with E-state index in [0.717, 1.165) is 32.4 Å². The van der Waals surface area contributed by atoms with E-state index in [1.54, 1.807) is 0 Å². The van der Waals surface area contributed by atoms with Crippen molar-refractivity contribution in [3.05, 3.63) is 0 Å². The van der Waals surface area contributed by atoms with Gasteiger partial charge in [0.25, 0.3) is 0 Å². The molecule has 0 aromatic rings. The van der Waals surface area contributed by atoms with Crippen molar-refractivity contribution in [2.45, 2.75) is 70.6 Å². The molecule has 4 heteroatoms. The quantitative estimate of drug-likeness (QED) is 0.851. The molecule has 0 aromatic heterocycles. The van der Waals surface area contributed by atoms with Crippen LogP contribution in [0.5, 0.6) is 0 Å². The predicted octanol–water partition coefficient (Wildman–Crippen LogP) is 1.92. The topological polar surface area (TPSA) is 55.6 Å². The molecule has 110 valence electrons. The number of hydrogen-bond donors (Lipinski definition) is 1. The zero-order valence-electron chi connectivity index (χ0n) is 12.3. The van der Waals surface area contributed by atoms with Gasteiger partial charge in [0.05, 0.1) is 12.2 Å². The predicted molar refractivity (Wildman–Crippen MR) is 75.8 cm³/mol. The van der Waals surface area contributed by atoms with Gasteiger partial charge in [-0.05, 0) is 39.0 Å². The van der Waals surface area contributed by atoms with E-state index in [9.17, 15) is 4.79 Å². The highest BCUT2D eigenvalue weighted by molar-refractivity contribution is 5.76. The lowest BCUT2D eigenvalue weighted by atomic mass is 9.83. The lowest BCUT2D eigenvalue weighted by molar-refractivity contribution is -0.143. The molecule has 4 atom stereocenters. The zero-order chi connectivity index (χ0) is 13.8. The van der Waals surface area contributed by atoms with Crippen LogP contribution in [-0.2, 0) is 9.53 Å². The van der Waals surface area contributed by atoms with Crippen LogP contribution in [0.3, 0.4) is 0 Å². The molecule has 2 fully saturated rings. The van der Waals surface area contributed by atoms with Crippen LogP contribution >= 0.6 is 0 Å². The summed E-state index contributed by atoms with van der Waals surface area (Å²) in [7, 11) is 0. The Balaban J connectivity index is 1.74. The second kappa shape index (κ2) is 6.71. The van der Waals surface area contributed by atoms with Crippen LogP contribution in [-0.4, -0.2) is 42.1 Å². The molecule has 2 rings (SSSR count). The molecule has 1 aliphatic carbocycles.